The zero-order chi connectivity index (χ0) is 20.8. The first-order valence-corrected chi connectivity index (χ1v) is 13.4. The summed E-state index contributed by atoms with van der Waals surface area (Å²) in [6.45, 7) is 6.24. The van der Waals surface area contributed by atoms with Gasteiger partial charge < -0.3 is 0 Å². The molecular formula is C30H46. The van der Waals surface area contributed by atoms with Crippen molar-refractivity contribution in [2.24, 2.45) is 29.6 Å². The van der Waals surface area contributed by atoms with Gasteiger partial charge in [-0.1, -0.05) is 88.6 Å². The highest BCUT2D eigenvalue weighted by Gasteiger charge is 2.36. The maximum absolute atomic E-state index is 3.85. The summed E-state index contributed by atoms with van der Waals surface area (Å²) < 4.78 is 0. The molecule has 4 atom stereocenters. The first-order valence-electron chi connectivity index (χ1n) is 13.4. The molecular weight excluding hydrogens is 360 g/mol. The smallest absolute Gasteiger partial charge is 0.0159 e. The molecule has 0 heterocycles. The zero-order valence-electron chi connectivity index (χ0n) is 19.7. The fourth-order valence-corrected chi connectivity index (χ4v) is 7.18. The van der Waals surface area contributed by atoms with Crippen molar-refractivity contribution in [3.63, 3.8) is 0 Å². The van der Waals surface area contributed by atoms with Crippen LogP contribution in [0.2, 0.25) is 0 Å². The van der Waals surface area contributed by atoms with E-state index in [1.807, 2.05) is 6.08 Å². The summed E-state index contributed by atoms with van der Waals surface area (Å²) in [5.41, 5.74) is 3.08. The summed E-state index contributed by atoms with van der Waals surface area (Å²) in [7, 11) is 0. The summed E-state index contributed by atoms with van der Waals surface area (Å²) in [5, 5.41) is 0. The van der Waals surface area contributed by atoms with Crippen molar-refractivity contribution in [1.82, 2.24) is 0 Å². The van der Waals surface area contributed by atoms with Crippen LogP contribution in [0.5, 0.6) is 0 Å². The Morgan fingerprint density at radius 1 is 0.767 bits per heavy atom. The van der Waals surface area contributed by atoms with Crippen molar-refractivity contribution in [2.45, 2.75) is 109 Å². The van der Waals surface area contributed by atoms with Gasteiger partial charge in [-0.25, -0.2) is 0 Å². The van der Waals surface area contributed by atoms with E-state index in [9.17, 15) is 0 Å². The summed E-state index contributed by atoms with van der Waals surface area (Å²) in [4.78, 5) is 0. The van der Waals surface area contributed by atoms with Crippen LogP contribution in [0.3, 0.4) is 0 Å². The van der Waals surface area contributed by atoms with Gasteiger partial charge in [-0.15, -0.1) is 6.58 Å². The molecule has 30 heavy (non-hydrogen) atoms. The van der Waals surface area contributed by atoms with E-state index in [4.69, 9.17) is 0 Å². The second kappa shape index (κ2) is 11.0. The maximum atomic E-state index is 3.85. The molecule has 166 valence electrons. The fraction of sp³-hybridized carbons (Fsp3) is 0.733. The monoisotopic (exact) mass is 406 g/mol. The minimum Gasteiger partial charge on any atom is -0.103 e. The summed E-state index contributed by atoms with van der Waals surface area (Å²) in [5.74, 6) is 6.05. The van der Waals surface area contributed by atoms with E-state index in [1.54, 1.807) is 24.8 Å². The maximum Gasteiger partial charge on any atom is -0.0159 e. The van der Waals surface area contributed by atoms with Gasteiger partial charge in [0.2, 0.25) is 0 Å². The number of aryl methyl sites for hydroxylation is 1. The Morgan fingerprint density at radius 2 is 1.40 bits per heavy atom. The lowest BCUT2D eigenvalue weighted by molar-refractivity contribution is 0.109. The lowest BCUT2D eigenvalue weighted by Gasteiger charge is -2.43. The lowest BCUT2D eigenvalue weighted by Crippen LogP contribution is -2.30. The third-order valence-corrected chi connectivity index (χ3v) is 9.34. The van der Waals surface area contributed by atoms with Crippen LogP contribution in [0.1, 0.15) is 114 Å². The van der Waals surface area contributed by atoms with E-state index in [2.05, 4.69) is 37.8 Å². The Kier molecular flexibility index (Phi) is 8.14. The first-order chi connectivity index (χ1) is 14.7. The second-order valence-corrected chi connectivity index (χ2v) is 11.2. The topological polar surface area (TPSA) is 0 Å². The molecule has 0 nitrogen and oxygen atoms in total. The normalized spacial score (nSPS) is 34.3. The standard InChI is InChI=1S/C30H46/c1-3-5-6-24-13-16-27(17-14-24)29-20-19-28-21-26(15-18-30(28)22-29)12-11-25-9-7-23(4-2)8-10-25/h3,13-14,16-17,23,25-26,28-30H,1,4-12,15,18-22H2,2H3. The number of allylic oxidation sites excluding steroid dienone is 1. The van der Waals surface area contributed by atoms with Crippen LogP contribution >= 0.6 is 0 Å². The van der Waals surface area contributed by atoms with E-state index in [0.717, 1.165) is 48.3 Å². The van der Waals surface area contributed by atoms with Gasteiger partial charge in [0.25, 0.3) is 0 Å². The van der Waals surface area contributed by atoms with Crippen molar-refractivity contribution in [3.05, 3.63) is 48.0 Å². The predicted molar refractivity (Wildman–Crippen MR) is 131 cm³/mol. The number of hydrogen-bond acceptors (Lipinski definition) is 0. The number of benzene rings is 1. The molecule has 4 rings (SSSR count). The van der Waals surface area contributed by atoms with Gasteiger partial charge in [-0.3, -0.25) is 0 Å². The van der Waals surface area contributed by atoms with Crippen LogP contribution in [0.25, 0.3) is 0 Å². The molecule has 0 N–H and O–H groups in total. The summed E-state index contributed by atoms with van der Waals surface area (Å²) in [6.07, 6.45) is 23.9. The first kappa shape index (κ1) is 22.2. The molecule has 0 aromatic heterocycles. The van der Waals surface area contributed by atoms with Crippen LogP contribution in [-0.4, -0.2) is 0 Å². The molecule has 3 aliphatic carbocycles. The van der Waals surface area contributed by atoms with Gasteiger partial charge >= 0.3 is 0 Å². The highest BCUT2D eigenvalue weighted by molar-refractivity contribution is 5.26. The lowest BCUT2D eigenvalue weighted by atomic mass is 9.63. The molecule has 1 aromatic carbocycles. The quantitative estimate of drug-likeness (QED) is 0.377. The Hall–Kier alpha value is -1.04. The zero-order valence-corrected chi connectivity index (χ0v) is 19.7. The van der Waals surface area contributed by atoms with Crippen LogP contribution in [-0.2, 0) is 6.42 Å². The Bertz CT molecular complexity index is 633. The Labute approximate surface area is 186 Å². The third kappa shape index (κ3) is 5.80. The molecule has 0 aliphatic heterocycles. The van der Waals surface area contributed by atoms with Crippen LogP contribution < -0.4 is 0 Å². The molecule has 1 aromatic rings. The van der Waals surface area contributed by atoms with E-state index in [0.29, 0.717) is 0 Å². The molecule has 4 unspecified atom stereocenters. The van der Waals surface area contributed by atoms with E-state index in [-0.39, 0.29) is 0 Å². The Balaban J connectivity index is 1.20. The van der Waals surface area contributed by atoms with Crippen molar-refractivity contribution in [1.29, 1.82) is 0 Å². The minimum atomic E-state index is 0.824. The molecule has 0 saturated heterocycles. The van der Waals surface area contributed by atoms with Crippen LogP contribution in [0.15, 0.2) is 36.9 Å². The second-order valence-electron chi connectivity index (χ2n) is 11.2. The molecule has 3 fully saturated rings. The minimum absolute atomic E-state index is 0.824. The largest absolute Gasteiger partial charge is 0.103 e. The van der Waals surface area contributed by atoms with Crippen LogP contribution in [0, 0.1) is 29.6 Å². The highest BCUT2D eigenvalue weighted by Crippen LogP contribution is 2.48. The van der Waals surface area contributed by atoms with Crippen LogP contribution in [0.4, 0.5) is 0 Å². The van der Waals surface area contributed by atoms with Gasteiger partial charge in [-0.05, 0) is 91.6 Å². The summed E-state index contributed by atoms with van der Waals surface area (Å²) >= 11 is 0. The van der Waals surface area contributed by atoms with Crippen molar-refractivity contribution < 1.29 is 0 Å². The van der Waals surface area contributed by atoms with Crippen molar-refractivity contribution >= 4 is 0 Å². The average Bonchev–Trinajstić information content (AvgIpc) is 2.81. The Morgan fingerprint density at radius 3 is 2.13 bits per heavy atom. The molecule has 0 heteroatoms. The average molecular weight is 407 g/mol. The SMILES string of the molecule is C=CCCc1ccc(C2CCC3CC(CCC4CCC(CC)CC4)CCC3C2)cc1. The van der Waals surface area contributed by atoms with Gasteiger partial charge in [0.1, 0.15) is 0 Å². The number of hydrogen-bond donors (Lipinski definition) is 0. The molecule has 0 bridgehead atoms. The highest BCUT2D eigenvalue weighted by atomic mass is 14.4. The fourth-order valence-electron chi connectivity index (χ4n) is 7.18. The third-order valence-electron chi connectivity index (χ3n) is 9.34. The molecule has 3 saturated carbocycles. The molecule has 3 aliphatic rings. The molecule has 0 radical (unpaired) electrons. The predicted octanol–water partition coefficient (Wildman–Crippen LogP) is 9.10. The molecule has 0 spiro atoms. The van der Waals surface area contributed by atoms with Crippen molar-refractivity contribution in [2.75, 3.05) is 0 Å². The van der Waals surface area contributed by atoms with Gasteiger partial charge in [-0.2, -0.15) is 0 Å². The van der Waals surface area contributed by atoms with E-state index < -0.39 is 0 Å². The van der Waals surface area contributed by atoms with Gasteiger partial charge in [0, 0.05) is 0 Å². The number of rotatable bonds is 8. The van der Waals surface area contributed by atoms with E-state index >= 15 is 0 Å². The van der Waals surface area contributed by atoms with Gasteiger partial charge in [0.15, 0.2) is 0 Å². The molecule has 0 amide bonds. The summed E-state index contributed by atoms with van der Waals surface area (Å²) in [6, 6.07) is 9.61. The van der Waals surface area contributed by atoms with E-state index in [1.165, 1.54) is 69.8 Å². The van der Waals surface area contributed by atoms with Crippen molar-refractivity contribution in [3.8, 4) is 0 Å². The number of fused-ring (bicyclic) bond motifs is 1. The van der Waals surface area contributed by atoms with Gasteiger partial charge in [0.05, 0.1) is 0 Å².